The van der Waals surface area contributed by atoms with Crippen LogP contribution >= 0.6 is 0 Å². The van der Waals surface area contributed by atoms with Gasteiger partial charge >= 0.3 is 6.03 Å². The van der Waals surface area contributed by atoms with Gasteiger partial charge in [-0.25, -0.2) is 13.6 Å². The van der Waals surface area contributed by atoms with Crippen molar-refractivity contribution in [2.24, 2.45) is 0 Å². The number of rotatable bonds is 4. The predicted molar refractivity (Wildman–Crippen MR) is 91.6 cm³/mol. The van der Waals surface area contributed by atoms with Crippen molar-refractivity contribution in [3.63, 3.8) is 0 Å². The number of likely N-dealkylation sites (tertiary alicyclic amines) is 1. The zero-order chi connectivity index (χ0) is 17.6. The normalized spacial score (nSPS) is 22.0. The number of hydrogen-bond donors (Lipinski definition) is 1. The lowest BCUT2D eigenvalue weighted by atomic mass is 9.99. The molecule has 0 unspecified atom stereocenters. The Labute approximate surface area is 146 Å². The molecule has 0 bridgehead atoms. The molecule has 0 aliphatic carbocycles. The summed E-state index contributed by atoms with van der Waals surface area (Å²) in [4.78, 5) is 16.7. The Morgan fingerprint density at radius 2 is 2.00 bits per heavy atom. The zero-order valence-corrected chi connectivity index (χ0v) is 14.3. The van der Waals surface area contributed by atoms with Gasteiger partial charge in [0.1, 0.15) is 11.6 Å². The summed E-state index contributed by atoms with van der Waals surface area (Å²) in [5, 5.41) is 2.59. The molecule has 2 fully saturated rings. The van der Waals surface area contributed by atoms with E-state index in [1.807, 2.05) is 0 Å². The smallest absolute Gasteiger partial charge is 0.322 e. The molecule has 138 valence electrons. The second-order valence-electron chi connectivity index (χ2n) is 6.64. The van der Waals surface area contributed by atoms with Crippen LogP contribution in [-0.2, 0) is 4.74 Å². The first-order valence-electron chi connectivity index (χ1n) is 8.96. The molecule has 2 heterocycles. The molecule has 0 saturated carbocycles. The third-order valence-electron chi connectivity index (χ3n) is 4.94. The van der Waals surface area contributed by atoms with Crippen molar-refractivity contribution in [1.29, 1.82) is 0 Å². The van der Waals surface area contributed by atoms with E-state index in [2.05, 4.69) is 10.2 Å². The maximum atomic E-state index is 13.8. The molecule has 1 N–H and O–H groups in total. The molecule has 3 rings (SSSR count). The van der Waals surface area contributed by atoms with E-state index in [0.29, 0.717) is 6.54 Å². The standard InChI is InChI=1S/C18H25F2N3O2/c19-14-4-5-17(16(20)13-14)21-18(24)23-7-2-1-3-15(23)6-8-22-9-11-25-12-10-22/h4-5,13,15H,1-3,6-12H2,(H,21,24)/t15-/m0/s1. The number of ether oxygens (including phenoxy) is 1. The van der Waals surface area contributed by atoms with E-state index in [-0.39, 0.29) is 17.8 Å². The highest BCUT2D eigenvalue weighted by atomic mass is 19.1. The van der Waals surface area contributed by atoms with Gasteiger partial charge in [0, 0.05) is 38.3 Å². The Bertz CT molecular complexity index is 594. The number of halogens is 2. The van der Waals surface area contributed by atoms with E-state index in [0.717, 1.165) is 70.7 Å². The Kier molecular flexibility index (Phi) is 6.20. The van der Waals surface area contributed by atoms with Crippen LogP contribution < -0.4 is 5.32 Å². The van der Waals surface area contributed by atoms with Gasteiger partial charge in [0.05, 0.1) is 18.9 Å². The van der Waals surface area contributed by atoms with Gasteiger partial charge in [-0.1, -0.05) is 0 Å². The average molecular weight is 353 g/mol. The van der Waals surface area contributed by atoms with Crippen LogP contribution in [0.15, 0.2) is 18.2 Å². The second kappa shape index (κ2) is 8.58. The van der Waals surface area contributed by atoms with Gasteiger partial charge in [-0.05, 0) is 37.8 Å². The van der Waals surface area contributed by atoms with Crippen LogP contribution in [0.25, 0.3) is 0 Å². The molecule has 1 aromatic rings. The summed E-state index contributed by atoms with van der Waals surface area (Å²) in [6.45, 7) is 4.99. The molecular formula is C18H25F2N3O2. The van der Waals surface area contributed by atoms with Crippen LogP contribution in [0.3, 0.4) is 0 Å². The SMILES string of the molecule is O=C(Nc1ccc(F)cc1F)N1CCCC[C@H]1CCN1CCOCC1. The van der Waals surface area contributed by atoms with Gasteiger partial charge in [-0.2, -0.15) is 0 Å². The van der Waals surface area contributed by atoms with Crippen molar-refractivity contribution in [3.8, 4) is 0 Å². The van der Waals surface area contributed by atoms with Gasteiger partial charge in [0.2, 0.25) is 0 Å². The lowest BCUT2D eigenvalue weighted by Gasteiger charge is -2.37. The molecule has 0 spiro atoms. The lowest BCUT2D eigenvalue weighted by Crippen LogP contribution is -2.48. The Morgan fingerprint density at radius 1 is 1.20 bits per heavy atom. The quantitative estimate of drug-likeness (QED) is 0.905. The number of urea groups is 1. The first-order chi connectivity index (χ1) is 12.1. The number of hydrogen-bond acceptors (Lipinski definition) is 3. The Hall–Kier alpha value is -1.73. The number of piperidine rings is 1. The van der Waals surface area contributed by atoms with Crippen LogP contribution in [0.4, 0.5) is 19.3 Å². The van der Waals surface area contributed by atoms with E-state index in [1.165, 1.54) is 6.07 Å². The Morgan fingerprint density at radius 3 is 2.76 bits per heavy atom. The lowest BCUT2D eigenvalue weighted by molar-refractivity contribution is 0.0329. The number of benzene rings is 1. The van der Waals surface area contributed by atoms with Crippen molar-refractivity contribution >= 4 is 11.7 Å². The van der Waals surface area contributed by atoms with Crippen molar-refractivity contribution in [3.05, 3.63) is 29.8 Å². The summed E-state index contributed by atoms with van der Waals surface area (Å²) in [6, 6.07) is 3.03. The Balaban J connectivity index is 1.58. The first kappa shape index (κ1) is 18.1. The van der Waals surface area contributed by atoms with Crippen molar-refractivity contribution in [2.75, 3.05) is 44.7 Å². The van der Waals surface area contributed by atoms with E-state index < -0.39 is 11.6 Å². The molecule has 7 heteroatoms. The van der Waals surface area contributed by atoms with Crippen LogP contribution in [0, 0.1) is 11.6 Å². The minimum Gasteiger partial charge on any atom is -0.379 e. The predicted octanol–water partition coefficient (Wildman–Crippen LogP) is 3.07. The van der Waals surface area contributed by atoms with Gasteiger partial charge < -0.3 is 15.0 Å². The molecular weight excluding hydrogens is 328 g/mol. The number of carbonyl (C=O) groups is 1. The highest BCUT2D eigenvalue weighted by molar-refractivity contribution is 5.89. The molecule has 2 amide bonds. The molecule has 5 nitrogen and oxygen atoms in total. The zero-order valence-electron chi connectivity index (χ0n) is 14.3. The number of carbonyl (C=O) groups excluding carboxylic acids is 1. The summed E-state index contributed by atoms with van der Waals surface area (Å²) in [5.41, 5.74) is 0.0175. The summed E-state index contributed by atoms with van der Waals surface area (Å²) in [5.74, 6) is -1.41. The minimum absolute atomic E-state index is 0.0175. The largest absolute Gasteiger partial charge is 0.379 e. The van der Waals surface area contributed by atoms with Crippen molar-refractivity contribution in [1.82, 2.24) is 9.80 Å². The number of morpholine rings is 1. The van der Waals surface area contributed by atoms with Crippen LogP contribution in [0.1, 0.15) is 25.7 Å². The second-order valence-corrected chi connectivity index (χ2v) is 6.64. The van der Waals surface area contributed by atoms with Crippen LogP contribution in [-0.4, -0.2) is 61.3 Å². The van der Waals surface area contributed by atoms with Gasteiger partial charge in [0.15, 0.2) is 0 Å². The molecule has 0 aromatic heterocycles. The fourth-order valence-electron chi connectivity index (χ4n) is 3.50. The molecule has 2 aliphatic rings. The topological polar surface area (TPSA) is 44.8 Å². The fourth-order valence-corrected chi connectivity index (χ4v) is 3.50. The van der Waals surface area contributed by atoms with Crippen molar-refractivity contribution < 1.29 is 18.3 Å². The van der Waals surface area contributed by atoms with Crippen LogP contribution in [0.2, 0.25) is 0 Å². The number of nitrogens with zero attached hydrogens (tertiary/aromatic N) is 2. The van der Waals surface area contributed by atoms with Crippen LogP contribution in [0.5, 0.6) is 0 Å². The molecule has 1 atom stereocenters. The van der Waals surface area contributed by atoms with Gasteiger partial charge in [-0.15, -0.1) is 0 Å². The summed E-state index contributed by atoms with van der Waals surface area (Å²) in [7, 11) is 0. The molecule has 0 radical (unpaired) electrons. The highest BCUT2D eigenvalue weighted by Crippen LogP contribution is 2.22. The monoisotopic (exact) mass is 353 g/mol. The maximum absolute atomic E-state index is 13.8. The van der Waals surface area contributed by atoms with Gasteiger partial charge in [-0.3, -0.25) is 4.90 Å². The first-order valence-corrected chi connectivity index (χ1v) is 8.96. The summed E-state index contributed by atoms with van der Waals surface area (Å²) >= 11 is 0. The van der Waals surface area contributed by atoms with Crippen molar-refractivity contribution in [2.45, 2.75) is 31.7 Å². The van der Waals surface area contributed by atoms with E-state index in [1.54, 1.807) is 4.90 Å². The fraction of sp³-hybridized carbons (Fsp3) is 0.611. The third kappa shape index (κ3) is 4.89. The summed E-state index contributed by atoms with van der Waals surface area (Å²) < 4.78 is 32.1. The minimum atomic E-state index is -0.754. The molecule has 25 heavy (non-hydrogen) atoms. The maximum Gasteiger partial charge on any atom is 0.322 e. The highest BCUT2D eigenvalue weighted by Gasteiger charge is 2.27. The average Bonchev–Trinajstić information content (AvgIpc) is 2.63. The van der Waals surface area contributed by atoms with Gasteiger partial charge in [0.25, 0.3) is 0 Å². The van der Waals surface area contributed by atoms with E-state index in [9.17, 15) is 13.6 Å². The van der Waals surface area contributed by atoms with E-state index in [4.69, 9.17) is 4.74 Å². The third-order valence-corrected chi connectivity index (χ3v) is 4.94. The summed E-state index contributed by atoms with van der Waals surface area (Å²) in [6.07, 6.45) is 3.92. The molecule has 2 saturated heterocycles. The molecule has 1 aromatic carbocycles. The number of anilines is 1. The number of amides is 2. The number of nitrogens with one attached hydrogen (secondary N) is 1. The van der Waals surface area contributed by atoms with E-state index >= 15 is 0 Å². The molecule has 2 aliphatic heterocycles.